The smallest absolute Gasteiger partial charge is 0.100 e. The molecule has 0 radical (unpaired) electrons. The average Bonchev–Trinajstić information content (AvgIpc) is 2.21. The first-order chi connectivity index (χ1) is 6.75. The van der Waals surface area contributed by atoms with Crippen LogP contribution in [0.2, 0.25) is 0 Å². The van der Waals surface area contributed by atoms with E-state index in [-0.39, 0.29) is 5.83 Å². The fourth-order valence-corrected chi connectivity index (χ4v) is 1.89. The lowest BCUT2D eigenvalue weighted by molar-refractivity contribution is 0.582. The van der Waals surface area contributed by atoms with Crippen molar-refractivity contribution in [2.24, 2.45) is 0 Å². The summed E-state index contributed by atoms with van der Waals surface area (Å²) in [7, 11) is 0. The molecule has 2 aliphatic carbocycles. The summed E-state index contributed by atoms with van der Waals surface area (Å²) in [6.45, 7) is 2.15. The summed E-state index contributed by atoms with van der Waals surface area (Å²) >= 11 is 0. The van der Waals surface area contributed by atoms with E-state index < -0.39 is 0 Å². The molecule has 2 rings (SSSR count). The van der Waals surface area contributed by atoms with Crippen LogP contribution in [-0.2, 0) is 0 Å². The van der Waals surface area contributed by atoms with E-state index >= 15 is 0 Å². The molecule has 0 aromatic rings. The van der Waals surface area contributed by atoms with E-state index in [1.165, 1.54) is 16.7 Å². The molecule has 0 N–H and O–H groups in total. The second kappa shape index (κ2) is 3.95. The average molecular weight is 190 g/mol. The lowest BCUT2D eigenvalue weighted by atomic mass is 9.89. The van der Waals surface area contributed by atoms with Crippen molar-refractivity contribution in [3.63, 3.8) is 0 Å². The van der Waals surface area contributed by atoms with Crippen molar-refractivity contribution in [3.05, 3.63) is 46.9 Å². The molecule has 0 heterocycles. The number of halogens is 1. The van der Waals surface area contributed by atoms with Gasteiger partial charge in [-0.2, -0.15) is 0 Å². The lowest BCUT2D eigenvalue weighted by Gasteiger charge is -2.17. The van der Waals surface area contributed by atoms with Crippen LogP contribution in [-0.4, -0.2) is 0 Å². The second-order valence-corrected chi connectivity index (χ2v) is 4.01. The van der Waals surface area contributed by atoms with Crippen LogP contribution in [0.1, 0.15) is 32.6 Å². The van der Waals surface area contributed by atoms with Gasteiger partial charge >= 0.3 is 0 Å². The number of allylic oxidation sites excluding steroid dienone is 8. The van der Waals surface area contributed by atoms with E-state index in [9.17, 15) is 4.39 Å². The van der Waals surface area contributed by atoms with Gasteiger partial charge in [0.25, 0.3) is 0 Å². The number of hydrogen-bond acceptors (Lipinski definition) is 0. The minimum absolute atomic E-state index is 0.0110. The van der Waals surface area contributed by atoms with Gasteiger partial charge in [0.2, 0.25) is 0 Å². The zero-order chi connectivity index (χ0) is 9.97. The van der Waals surface area contributed by atoms with Gasteiger partial charge in [-0.3, -0.25) is 0 Å². The third kappa shape index (κ3) is 2.03. The van der Waals surface area contributed by atoms with E-state index in [1.54, 1.807) is 6.08 Å². The molecule has 0 fully saturated rings. The van der Waals surface area contributed by atoms with E-state index in [0.717, 1.165) is 19.3 Å². The maximum absolute atomic E-state index is 12.8. The fraction of sp³-hybridized carbons (Fsp3) is 0.385. The molecule has 0 unspecified atom stereocenters. The first kappa shape index (κ1) is 9.45. The van der Waals surface area contributed by atoms with Crippen molar-refractivity contribution in [3.8, 4) is 0 Å². The zero-order valence-corrected chi connectivity index (χ0v) is 8.52. The Morgan fingerprint density at radius 2 is 1.50 bits per heavy atom. The van der Waals surface area contributed by atoms with Gasteiger partial charge in [0.05, 0.1) is 0 Å². The Labute approximate surface area is 84.5 Å². The van der Waals surface area contributed by atoms with Gasteiger partial charge in [0, 0.05) is 6.42 Å². The number of hydrogen-bond donors (Lipinski definition) is 0. The Balaban J connectivity index is 2.17. The maximum atomic E-state index is 12.8. The molecule has 74 valence electrons. The summed E-state index contributed by atoms with van der Waals surface area (Å²) in [5.74, 6) is 0.0110. The van der Waals surface area contributed by atoms with Gasteiger partial charge in [0.1, 0.15) is 5.83 Å². The minimum Gasteiger partial charge on any atom is -0.212 e. The topological polar surface area (TPSA) is 0 Å². The number of rotatable bonds is 1. The fourth-order valence-electron chi connectivity index (χ4n) is 1.89. The molecule has 2 aliphatic rings. The Morgan fingerprint density at radius 1 is 0.857 bits per heavy atom. The third-order valence-corrected chi connectivity index (χ3v) is 2.87. The summed E-state index contributed by atoms with van der Waals surface area (Å²) in [5.41, 5.74) is 4.14. The molecule has 0 saturated heterocycles. The summed E-state index contributed by atoms with van der Waals surface area (Å²) in [6, 6.07) is 0. The largest absolute Gasteiger partial charge is 0.212 e. The van der Waals surface area contributed by atoms with Crippen molar-refractivity contribution >= 4 is 0 Å². The molecule has 0 aliphatic heterocycles. The first-order valence-corrected chi connectivity index (χ1v) is 5.17. The molecule has 0 saturated carbocycles. The Bertz CT molecular complexity index is 317. The standard InChI is InChI=1S/C13H15F/c1-10-2-4-11(5-3-10)12-6-8-13(14)9-7-12/h2,4,6,8H,3,5,7,9H2,1H3. The van der Waals surface area contributed by atoms with Gasteiger partial charge in [-0.25, -0.2) is 4.39 Å². The second-order valence-electron chi connectivity index (χ2n) is 4.01. The van der Waals surface area contributed by atoms with Crippen LogP contribution in [0.4, 0.5) is 4.39 Å². The SMILES string of the molecule is CC1=CC=C(C2=CC=C(F)CC2)CC1. The van der Waals surface area contributed by atoms with Crippen molar-refractivity contribution in [2.45, 2.75) is 32.6 Å². The van der Waals surface area contributed by atoms with Gasteiger partial charge in [-0.1, -0.05) is 23.8 Å². The van der Waals surface area contributed by atoms with Crippen LogP contribution in [0.15, 0.2) is 46.9 Å². The maximum Gasteiger partial charge on any atom is 0.100 e. The van der Waals surface area contributed by atoms with Gasteiger partial charge in [-0.05, 0) is 43.4 Å². The summed E-state index contributed by atoms with van der Waals surface area (Å²) in [5, 5.41) is 0. The first-order valence-electron chi connectivity index (χ1n) is 5.17. The molecular formula is C13H15F. The molecule has 0 aromatic carbocycles. The van der Waals surface area contributed by atoms with E-state index in [2.05, 4.69) is 19.1 Å². The van der Waals surface area contributed by atoms with Crippen molar-refractivity contribution < 1.29 is 4.39 Å². The highest BCUT2D eigenvalue weighted by Gasteiger charge is 2.11. The molecular weight excluding hydrogens is 175 g/mol. The highest BCUT2D eigenvalue weighted by molar-refractivity contribution is 5.41. The molecule has 0 atom stereocenters. The van der Waals surface area contributed by atoms with Crippen molar-refractivity contribution in [1.29, 1.82) is 0 Å². The third-order valence-electron chi connectivity index (χ3n) is 2.87. The molecule has 0 bridgehead atoms. The molecule has 0 spiro atoms. The van der Waals surface area contributed by atoms with Crippen molar-refractivity contribution in [1.82, 2.24) is 0 Å². The highest BCUT2D eigenvalue weighted by Crippen LogP contribution is 2.30. The Morgan fingerprint density at radius 3 is 2.00 bits per heavy atom. The van der Waals surface area contributed by atoms with Crippen LogP contribution < -0.4 is 0 Å². The monoisotopic (exact) mass is 190 g/mol. The quantitative estimate of drug-likeness (QED) is 0.580. The van der Waals surface area contributed by atoms with Crippen LogP contribution in [0.3, 0.4) is 0 Å². The van der Waals surface area contributed by atoms with Gasteiger partial charge < -0.3 is 0 Å². The van der Waals surface area contributed by atoms with Crippen LogP contribution in [0.5, 0.6) is 0 Å². The molecule has 0 amide bonds. The minimum atomic E-state index is 0.0110. The summed E-state index contributed by atoms with van der Waals surface area (Å²) in [6.07, 6.45) is 11.6. The molecule has 1 heteroatoms. The van der Waals surface area contributed by atoms with Gasteiger partial charge in [0.15, 0.2) is 0 Å². The predicted octanol–water partition coefficient (Wildman–Crippen LogP) is 4.23. The molecule has 14 heavy (non-hydrogen) atoms. The molecule has 0 nitrogen and oxygen atoms in total. The predicted molar refractivity (Wildman–Crippen MR) is 57.6 cm³/mol. The Hall–Kier alpha value is -1.11. The lowest BCUT2D eigenvalue weighted by Crippen LogP contribution is -1.98. The van der Waals surface area contributed by atoms with Gasteiger partial charge in [-0.15, -0.1) is 0 Å². The molecule has 0 aromatic heterocycles. The highest BCUT2D eigenvalue weighted by atomic mass is 19.1. The van der Waals surface area contributed by atoms with E-state index in [4.69, 9.17) is 0 Å². The van der Waals surface area contributed by atoms with E-state index in [0.29, 0.717) is 6.42 Å². The van der Waals surface area contributed by atoms with Crippen LogP contribution in [0, 0.1) is 0 Å². The normalized spacial score (nSPS) is 22.1. The van der Waals surface area contributed by atoms with Crippen LogP contribution in [0.25, 0.3) is 0 Å². The summed E-state index contributed by atoms with van der Waals surface area (Å²) in [4.78, 5) is 0. The zero-order valence-electron chi connectivity index (χ0n) is 8.52. The van der Waals surface area contributed by atoms with Crippen molar-refractivity contribution in [2.75, 3.05) is 0 Å². The van der Waals surface area contributed by atoms with Crippen LogP contribution >= 0.6 is 0 Å². The van der Waals surface area contributed by atoms with E-state index in [1.807, 2.05) is 6.08 Å². The summed E-state index contributed by atoms with van der Waals surface area (Å²) < 4.78 is 12.8. The Kier molecular flexibility index (Phi) is 2.67.